The van der Waals surface area contributed by atoms with Crippen molar-refractivity contribution in [1.29, 1.82) is 0 Å². The van der Waals surface area contributed by atoms with Crippen molar-refractivity contribution in [3.63, 3.8) is 0 Å². The predicted molar refractivity (Wildman–Crippen MR) is 86.1 cm³/mol. The zero-order valence-electron chi connectivity index (χ0n) is 12.8. The molecule has 2 aliphatic rings. The first-order valence-corrected chi connectivity index (χ1v) is 7.89. The summed E-state index contributed by atoms with van der Waals surface area (Å²) >= 11 is 0. The number of fused-ring (bicyclic) bond motifs is 2. The van der Waals surface area contributed by atoms with Crippen LogP contribution in [0.15, 0.2) is 24.4 Å². The number of nitrogens with two attached hydrogens (primary N) is 1. The van der Waals surface area contributed by atoms with Crippen molar-refractivity contribution in [1.82, 2.24) is 14.9 Å². The van der Waals surface area contributed by atoms with Gasteiger partial charge in [0.1, 0.15) is 0 Å². The Bertz CT molecular complexity index is 675. The van der Waals surface area contributed by atoms with Crippen molar-refractivity contribution in [3.8, 4) is 0 Å². The number of nitrogens with zero attached hydrogens (tertiary/aromatic N) is 2. The molecule has 1 aromatic carbocycles. The van der Waals surface area contributed by atoms with Crippen molar-refractivity contribution in [2.24, 2.45) is 18.8 Å². The predicted octanol–water partition coefficient (Wildman–Crippen LogP) is 1.60. The molecule has 0 amide bonds. The molecular formula is C17H24N4. The van der Waals surface area contributed by atoms with Gasteiger partial charge in [-0.2, -0.15) is 0 Å². The zero-order chi connectivity index (χ0) is 14.6. The van der Waals surface area contributed by atoms with Gasteiger partial charge < -0.3 is 9.47 Å². The molecule has 1 aromatic heterocycles. The molecule has 3 atom stereocenters. The van der Waals surface area contributed by atoms with Gasteiger partial charge in [0.25, 0.3) is 0 Å². The van der Waals surface area contributed by atoms with Crippen molar-refractivity contribution >= 4 is 10.9 Å². The van der Waals surface area contributed by atoms with Crippen molar-refractivity contribution in [3.05, 3.63) is 35.5 Å². The zero-order valence-corrected chi connectivity index (χ0v) is 12.8. The number of likely N-dealkylation sites (N-methyl/N-ethyl adjacent to an activating group) is 1. The summed E-state index contributed by atoms with van der Waals surface area (Å²) in [5.41, 5.74) is 7.32. The van der Waals surface area contributed by atoms with E-state index in [4.69, 9.17) is 5.84 Å². The van der Waals surface area contributed by atoms with E-state index in [9.17, 15) is 0 Å². The number of hydrogen-bond donors (Lipinski definition) is 2. The number of likely N-dealkylation sites (tertiary alicyclic amines) is 1. The molecule has 0 bridgehead atoms. The molecule has 1 saturated heterocycles. The van der Waals surface area contributed by atoms with Gasteiger partial charge in [-0.25, -0.2) is 0 Å². The van der Waals surface area contributed by atoms with Crippen LogP contribution in [0.3, 0.4) is 0 Å². The molecule has 0 saturated carbocycles. The van der Waals surface area contributed by atoms with E-state index in [-0.39, 0.29) is 0 Å². The topological polar surface area (TPSA) is 46.2 Å². The Morgan fingerprint density at radius 3 is 3.00 bits per heavy atom. The Kier molecular flexibility index (Phi) is 3.06. The van der Waals surface area contributed by atoms with Crippen LogP contribution in [0.4, 0.5) is 0 Å². The number of aromatic nitrogens is 1. The summed E-state index contributed by atoms with van der Waals surface area (Å²) in [6.45, 7) is 2.05. The van der Waals surface area contributed by atoms with Crippen molar-refractivity contribution < 1.29 is 0 Å². The lowest BCUT2D eigenvalue weighted by Gasteiger charge is -2.45. The number of rotatable bonds is 2. The molecule has 1 aliphatic heterocycles. The highest BCUT2D eigenvalue weighted by atomic mass is 15.2. The van der Waals surface area contributed by atoms with E-state index in [0.717, 1.165) is 13.1 Å². The van der Waals surface area contributed by atoms with Crippen LogP contribution in [0.2, 0.25) is 0 Å². The standard InChI is InChI=1S/C17H24N4/c1-20-9-11(8-19-18)6-14-13-4-3-5-15-17(13)12(7-16(14)20)10-21(15)2/h3-5,10-11,14,16,19H,6-9,18H2,1-2H3/t11-,14?,16+/m0/s1. The van der Waals surface area contributed by atoms with E-state index >= 15 is 0 Å². The van der Waals surface area contributed by atoms with Crippen LogP contribution in [0, 0.1) is 5.92 Å². The third-order valence-electron chi connectivity index (χ3n) is 5.52. The van der Waals surface area contributed by atoms with Crippen LogP contribution in [0.5, 0.6) is 0 Å². The van der Waals surface area contributed by atoms with Crippen LogP contribution < -0.4 is 11.3 Å². The summed E-state index contributed by atoms with van der Waals surface area (Å²) in [7, 11) is 4.43. The maximum atomic E-state index is 5.56. The lowest BCUT2D eigenvalue weighted by atomic mass is 9.72. The highest BCUT2D eigenvalue weighted by molar-refractivity contribution is 5.89. The summed E-state index contributed by atoms with van der Waals surface area (Å²) in [5, 5.41) is 1.51. The molecule has 4 heteroatoms. The summed E-state index contributed by atoms with van der Waals surface area (Å²) in [4.78, 5) is 2.55. The molecule has 1 fully saturated rings. The third kappa shape index (κ3) is 1.94. The van der Waals surface area contributed by atoms with Crippen LogP contribution in [0.25, 0.3) is 10.9 Å². The fourth-order valence-corrected chi connectivity index (χ4v) is 4.65. The van der Waals surface area contributed by atoms with E-state index in [2.05, 4.69) is 53.4 Å². The molecule has 4 nitrogen and oxygen atoms in total. The maximum absolute atomic E-state index is 5.56. The summed E-state index contributed by atoms with van der Waals surface area (Å²) in [5.74, 6) is 6.84. The molecule has 0 radical (unpaired) electrons. The molecule has 1 aliphatic carbocycles. The molecule has 2 aromatic rings. The fourth-order valence-electron chi connectivity index (χ4n) is 4.65. The molecule has 3 N–H and O–H groups in total. The Morgan fingerprint density at radius 2 is 2.19 bits per heavy atom. The smallest absolute Gasteiger partial charge is 0.0483 e. The minimum Gasteiger partial charge on any atom is -0.350 e. The average molecular weight is 284 g/mol. The monoisotopic (exact) mass is 284 g/mol. The van der Waals surface area contributed by atoms with E-state index in [1.165, 1.54) is 29.3 Å². The van der Waals surface area contributed by atoms with Gasteiger partial charge in [-0.05, 0) is 43.0 Å². The Balaban J connectivity index is 1.82. The van der Waals surface area contributed by atoms with Gasteiger partial charge in [0, 0.05) is 49.2 Å². The SMILES string of the molecule is CN1C[C@H](CNN)CC2c3cccc4c3c(cn4C)C[C@H]21. The van der Waals surface area contributed by atoms with Crippen LogP contribution in [-0.2, 0) is 13.5 Å². The first-order chi connectivity index (χ1) is 10.2. The number of nitrogens with one attached hydrogen (secondary N) is 1. The number of benzene rings is 1. The largest absolute Gasteiger partial charge is 0.350 e. The molecule has 2 heterocycles. The third-order valence-corrected chi connectivity index (χ3v) is 5.52. The molecule has 0 spiro atoms. The van der Waals surface area contributed by atoms with E-state index < -0.39 is 0 Å². The minimum atomic E-state index is 0.638. The van der Waals surface area contributed by atoms with Gasteiger partial charge in [0.2, 0.25) is 0 Å². The highest BCUT2D eigenvalue weighted by Crippen LogP contribution is 2.44. The molecule has 4 rings (SSSR count). The Hall–Kier alpha value is -1.36. The normalized spacial score (nSPS) is 28.8. The summed E-state index contributed by atoms with van der Waals surface area (Å²) < 4.78 is 2.28. The quantitative estimate of drug-likeness (QED) is 0.650. The number of aryl methyl sites for hydroxylation is 1. The molecule has 21 heavy (non-hydrogen) atoms. The summed E-state index contributed by atoms with van der Waals surface area (Å²) in [6.07, 6.45) is 4.75. The highest BCUT2D eigenvalue weighted by Gasteiger charge is 2.39. The van der Waals surface area contributed by atoms with Crippen molar-refractivity contribution in [2.45, 2.75) is 24.8 Å². The molecule has 1 unspecified atom stereocenters. The van der Waals surface area contributed by atoms with E-state index in [1.807, 2.05) is 0 Å². The molecule has 112 valence electrons. The second kappa shape index (κ2) is 4.83. The van der Waals surface area contributed by atoms with Crippen molar-refractivity contribution in [2.75, 3.05) is 20.1 Å². The Labute approximate surface area is 125 Å². The number of piperidine rings is 1. The van der Waals surface area contributed by atoms with Gasteiger partial charge in [-0.1, -0.05) is 12.1 Å². The first kappa shape index (κ1) is 13.3. The van der Waals surface area contributed by atoms with Gasteiger partial charge in [-0.15, -0.1) is 0 Å². The number of hydrazine groups is 1. The lowest BCUT2D eigenvalue weighted by Crippen LogP contribution is -2.50. The first-order valence-electron chi connectivity index (χ1n) is 7.89. The van der Waals surface area contributed by atoms with Gasteiger partial charge in [-0.3, -0.25) is 11.3 Å². The second-order valence-corrected chi connectivity index (χ2v) is 6.83. The van der Waals surface area contributed by atoms with Gasteiger partial charge >= 0.3 is 0 Å². The van der Waals surface area contributed by atoms with E-state index in [1.54, 1.807) is 5.56 Å². The van der Waals surface area contributed by atoms with Gasteiger partial charge in [0.15, 0.2) is 0 Å². The fraction of sp³-hybridized carbons (Fsp3) is 0.529. The van der Waals surface area contributed by atoms with Gasteiger partial charge in [0.05, 0.1) is 0 Å². The summed E-state index contributed by atoms with van der Waals surface area (Å²) in [6, 6.07) is 7.44. The average Bonchev–Trinajstić information content (AvgIpc) is 2.79. The van der Waals surface area contributed by atoms with Crippen LogP contribution >= 0.6 is 0 Å². The lowest BCUT2D eigenvalue weighted by molar-refractivity contribution is 0.111. The second-order valence-electron chi connectivity index (χ2n) is 6.83. The Morgan fingerprint density at radius 1 is 1.33 bits per heavy atom. The molecular weight excluding hydrogens is 260 g/mol. The minimum absolute atomic E-state index is 0.638. The number of hydrogen-bond acceptors (Lipinski definition) is 3. The van der Waals surface area contributed by atoms with Crippen LogP contribution in [-0.4, -0.2) is 35.6 Å². The maximum Gasteiger partial charge on any atom is 0.0483 e. The van der Waals surface area contributed by atoms with E-state index in [0.29, 0.717) is 17.9 Å². The van der Waals surface area contributed by atoms with Crippen LogP contribution in [0.1, 0.15) is 23.5 Å².